The highest BCUT2D eigenvalue weighted by Gasteiger charge is 2.30. The Morgan fingerprint density at radius 1 is 0.839 bits per heavy atom. The van der Waals surface area contributed by atoms with Crippen LogP contribution in [0.4, 0.5) is 13.2 Å². The molecule has 0 bridgehead atoms. The second kappa shape index (κ2) is 8.98. The van der Waals surface area contributed by atoms with E-state index >= 15 is 0 Å². The minimum absolute atomic E-state index is 0.00518. The first-order valence-corrected chi connectivity index (χ1v) is 11.0. The lowest BCUT2D eigenvalue weighted by Gasteiger charge is -2.17. The molecule has 3 aromatic rings. The molecule has 7 heteroatoms. The number of allylic oxidation sites excluding steroid dienone is 1. The van der Waals surface area contributed by atoms with E-state index in [0.717, 1.165) is 17.7 Å². The van der Waals surface area contributed by atoms with Crippen molar-refractivity contribution in [3.63, 3.8) is 0 Å². The summed E-state index contributed by atoms with van der Waals surface area (Å²) in [7, 11) is -4.16. The van der Waals surface area contributed by atoms with Crippen LogP contribution in [-0.2, 0) is 20.5 Å². The number of hydrogen-bond acceptors (Lipinski definition) is 3. The average molecular weight is 446 g/mol. The van der Waals surface area contributed by atoms with Crippen molar-refractivity contribution in [1.29, 1.82) is 0 Å². The van der Waals surface area contributed by atoms with Gasteiger partial charge in [-0.1, -0.05) is 67.1 Å². The van der Waals surface area contributed by atoms with E-state index in [1.165, 1.54) is 24.3 Å². The normalized spacial score (nSPS) is 12.9. The van der Waals surface area contributed by atoms with Gasteiger partial charge in [-0.25, -0.2) is 0 Å². The summed E-state index contributed by atoms with van der Waals surface area (Å²) in [5.74, 6) is 0.0865. The maximum atomic E-state index is 13.0. The number of halogens is 3. The number of rotatable bonds is 6. The maximum absolute atomic E-state index is 13.0. The Morgan fingerprint density at radius 3 is 1.94 bits per heavy atom. The maximum Gasteiger partial charge on any atom is 0.416 e. The molecule has 0 amide bonds. The van der Waals surface area contributed by atoms with E-state index in [0.29, 0.717) is 23.1 Å². The summed E-state index contributed by atoms with van der Waals surface area (Å²) in [6.45, 7) is 3.63. The molecule has 0 aliphatic rings. The zero-order chi connectivity index (χ0) is 22.6. The minimum atomic E-state index is -4.46. The van der Waals surface area contributed by atoms with Crippen molar-refractivity contribution >= 4 is 21.5 Å². The zero-order valence-electron chi connectivity index (χ0n) is 17.0. The molecule has 0 atom stereocenters. The van der Waals surface area contributed by atoms with Gasteiger partial charge in [-0.2, -0.15) is 21.6 Å². The van der Waals surface area contributed by atoms with E-state index in [4.69, 9.17) is 4.18 Å². The van der Waals surface area contributed by atoms with Crippen molar-refractivity contribution in [2.75, 3.05) is 0 Å². The SMILES string of the molecule is CC/C(=C(\OS(=O)(=O)c1ccc(C)cc1)c1ccccc1)c1ccc(C(F)(F)F)cc1. The predicted octanol–water partition coefficient (Wildman–Crippen LogP) is 6.70. The molecule has 0 heterocycles. The molecule has 0 N–H and O–H groups in total. The van der Waals surface area contributed by atoms with Crippen molar-refractivity contribution < 1.29 is 25.8 Å². The molecule has 0 saturated carbocycles. The summed E-state index contributed by atoms with van der Waals surface area (Å²) in [6, 6.07) is 19.5. The predicted molar refractivity (Wildman–Crippen MR) is 114 cm³/mol. The highest BCUT2D eigenvalue weighted by atomic mass is 32.2. The van der Waals surface area contributed by atoms with Crippen LogP contribution in [0.1, 0.15) is 35.6 Å². The Morgan fingerprint density at radius 2 is 1.42 bits per heavy atom. The Balaban J connectivity index is 2.13. The Kier molecular flexibility index (Phi) is 6.55. The fourth-order valence-corrected chi connectivity index (χ4v) is 4.06. The first-order valence-electron chi connectivity index (χ1n) is 9.59. The molecule has 3 aromatic carbocycles. The first kappa shape index (κ1) is 22.6. The molecule has 0 aromatic heterocycles. The van der Waals surface area contributed by atoms with E-state index in [2.05, 4.69) is 0 Å². The monoisotopic (exact) mass is 446 g/mol. The van der Waals surface area contributed by atoms with Crippen LogP contribution in [0.2, 0.25) is 0 Å². The zero-order valence-corrected chi connectivity index (χ0v) is 17.8. The topological polar surface area (TPSA) is 43.4 Å². The number of aryl methyl sites for hydroxylation is 1. The summed E-state index contributed by atoms with van der Waals surface area (Å²) in [5, 5.41) is 0. The van der Waals surface area contributed by atoms with Gasteiger partial charge in [0, 0.05) is 11.1 Å². The molecular weight excluding hydrogens is 425 g/mol. The molecule has 0 unspecified atom stereocenters. The van der Waals surface area contributed by atoms with Crippen LogP contribution in [0.5, 0.6) is 0 Å². The third-order valence-electron chi connectivity index (χ3n) is 4.73. The third kappa shape index (κ3) is 5.35. The van der Waals surface area contributed by atoms with Gasteiger partial charge in [0.15, 0.2) is 5.76 Å². The van der Waals surface area contributed by atoms with Crippen molar-refractivity contribution in [3.8, 4) is 0 Å². The molecule has 3 nitrogen and oxygen atoms in total. The Hall–Kier alpha value is -3.06. The van der Waals surface area contributed by atoms with Gasteiger partial charge in [0.05, 0.1) is 5.56 Å². The summed E-state index contributed by atoms with van der Waals surface area (Å²) < 4.78 is 70.3. The quantitative estimate of drug-likeness (QED) is 0.240. The summed E-state index contributed by atoms with van der Waals surface area (Å²) in [5.41, 5.74) is 1.57. The third-order valence-corrected chi connectivity index (χ3v) is 5.96. The molecule has 0 spiro atoms. The van der Waals surface area contributed by atoms with Gasteiger partial charge >= 0.3 is 16.3 Å². The van der Waals surface area contributed by atoms with Crippen LogP contribution < -0.4 is 0 Å². The fraction of sp³-hybridized carbons (Fsp3) is 0.167. The van der Waals surface area contributed by atoms with Gasteiger partial charge in [-0.3, -0.25) is 0 Å². The average Bonchev–Trinajstić information content (AvgIpc) is 2.74. The lowest BCUT2D eigenvalue weighted by Crippen LogP contribution is -2.08. The van der Waals surface area contributed by atoms with Gasteiger partial charge in [-0.15, -0.1) is 0 Å². The highest BCUT2D eigenvalue weighted by molar-refractivity contribution is 7.87. The molecule has 0 radical (unpaired) electrons. The largest absolute Gasteiger partial charge is 0.416 e. The van der Waals surface area contributed by atoms with E-state index < -0.39 is 21.9 Å². The van der Waals surface area contributed by atoms with Gasteiger partial charge in [0.1, 0.15) is 4.90 Å². The molecule has 3 rings (SSSR count). The smallest absolute Gasteiger partial charge is 0.378 e. The van der Waals surface area contributed by atoms with Gasteiger partial charge in [0.2, 0.25) is 0 Å². The van der Waals surface area contributed by atoms with E-state index in [1.807, 2.05) is 6.92 Å². The Bertz CT molecular complexity index is 1160. The molecule has 0 saturated heterocycles. The van der Waals surface area contributed by atoms with Gasteiger partial charge < -0.3 is 4.18 Å². The van der Waals surface area contributed by atoms with Crippen molar-refractivity contribution in [3.05, 3.63) is 101 Å². The number of alkyl halides is 3. The summed E-state index contributed by atoms with van der Waals surface area (Å²) >= 11 is 0. The van der Waals surface area contributed by atoms with Crippen LogP contribution in [-0.4, -0.2) is 8.42 Å². The van der Waals surface area contributed by atoms with Crippen LogP contribution >= 0.6 is 0 Å². The molecule has 0 aliphatic carbocycles. The molecule has 0 fully saturated rings. The molecule has 162 valence electrons. The minimum Gasteiger partial charge on any atom is -0.378 e. The van der Waals surface area contributed by atoms with Crippen molar-refractivity contribution in [2.45, 2.75) is 31.3 Å². The summed E-state index contributed by atoms with van der Waals surface area (Å²) in [4.78, 5) is -0.00518. The van der Waals surface area contributed by atoms with Crippen LogP contribution in [0.3, 0.4) is 0 Å². The van der Waals surface area contributed by atoms with Gasteiger partial charge in [-0.05, 0) is 43.2 Å². The van der Waals surface area contributed by atoms with E-state index in [1.54, 1.807) is 49.4 Å². The number of benzene rings is 3. The second-order valence-corrected chi connectivity index (χ2v) is 8.50. The van der Waals surface area contributed by atoms with Crippen LogP contribution in [0, 0.1) is 6.92 Å². The van der Waals surface area contributed by atoms with Crippen LogP contribution in [0.15, 0.2) is 83.8 Å². The van der Waals surface area contributed by atoms with E-state index in [9.17, 15) is 21.6 Å². The molecule has 31 heavy (non-hydrogen) atoms. The van der Waals surface area contributed by atoms with Crippen molar-refractivity contribution in [1.82, 2.24) is 0 Å². The lowest BCUT2D eigenvalue weighted by molar-refractivity contribution is -0.137. The highest BCUT2D eigenvalue weighted by Crippen LogP contribution is 2.35. The Labute approximate surface area is 179 Å². The van der Waals surface area contributed by atoms with E-state index in [-0.39, 0.29) is 10.7 Å². The van der Waals surface area contributed by atoms with Crippen LogP contribution in [0.25, 0.3) is 11.3 Å². The molecule has 0 aliphatic heterocycles. The first-order chi connectivity index (χ1) is 14.6. The molecular formula is C24H21F3O3S. The van der Waals surface area contributed by atoms with Gasteiger partial charge in [0.25, 0.3) is 0 Å². The number of hydrogen-bond donors (Lipinski definition) is 0. The van der Waals surface area contributed by atoms with Crippen molar-refractivity contribution in [2.24, 2.45) is 0 Å². The lowest BCUT2D eigenvalue weighted by atomic mass is 9.98. The standard InChI is InChI=1S/C24H21F3O3S/c1-3-22(18-11-13-20(14-12-18)24(25,26)27)23(19-7-5-4-6-8-19)30-31(28,29)21-15-9-17(2)10-16-21/h4-16H,3H2,1-2H3/b23-22+. The second-order valence-electron chi connectivity index (χ2n) is 6.95. The fourth-order valence-electron chi connectivity index (χ4n) is 3.08. The summed E-state index contributed by atoms with van der Waals surface area (Å²) in [6.07, 6.45) is -4.11.